The molecule has 7 nitrogen and oxygen atoms in total. The minimum absolute atomic E-state index is 0.0211. The van der Waals surface area contributed by atoms with Crippen molar-refractivity contribution in [1.29, 1.82) is 0 Å². The van der Waals surface area contributed by atoms with Crippen molar-refractivity contribution in [1.82, 2.24) is 25.1 Å². The zero-order chi connectivity index (χ0) is 15.9. The first kappa shape index (κ1) is 14.5. The smallest absolute Gasteiger partial charge is 0.354 e. The van der Waals surface area contributed by atoms with Crippen LogP contribution in [0.1, 0.15) is 19.2 Å². The van der Waals surface area contributed by atoms with Gasteiger partial charge in [-0.15, -0.1) is 15.3 Å². The fourth-order valence-electron chi connectivity index (χ4n) is 2.44. The summed E-state index contributed by atoms with van der Waals surface area (Å²) in [5.41, 5.74) is 0.0211. The van der Waals surface area contributed by atoms with E-state index >= 15 is 0 Å². The summed E-state index contributed by atoms with van der Waals surface area (Å²) in [7, 11) is 0. The second-order valence-electron chi connectivity index (χ2n) is 5.08. The molecule has 2 aromatic rings. The fraction of sp³-hybridized carbons (Fsp3) is 0.500. The molecular formula is C12H13F3N6O. The van der Waals surface area contributed by atoms with Crippen LogP contribution >= 0.6 is 0 Å². The van der Waals surface area contributed by atoms with Gasteiger partial charge in [0.2, 0.25) is 5.91 Å². The monoisotopic (exact) mass is 314 g/mol. The van der Waals surface area contributed by atoms with Crippen LogP contribution in [-0.4, -0.2) is 44.8 Å². The third kappa shape index (κ3) is 2.55. The molecule has 0 spiro atoms. The number of alkyl halides is 3. The van der Waals surface area contributed by atoms with E-state index in [9.17, 15) is 18.0 Å². The molecule has 1 N–H and O–H groups in total. The van der Waals surface area contributed by atoms with Crippen molar-refractivity contribution >= 4 is 17.4 Å². The zero-order valence-corrected chi connectivity index (χ0v) is 11.6. The van der Waals surface area contributed by atoms with E-state index in [4.69, 9.17) is 0 Å². The Morgan fingerprint density at radius 3 is 2.82 bits per heavy atom. The molecule has 1 unspecified atom stereocenters. The van der Waals surface area contributed by atoms with Crippen LogP contribution in [0, 0.1) is 0 Å². The summed E-state index contributed by atoms with van der Waals surface area (Å²) in [6.45, 7) is 2.71. The van der Waals surface area contributed by atoms with Gasteiger partial charge in [0.25, 0.3) is 5.82 Å². The molecule has 1 amide bonds. The highest BCUT2D eigenvalue weighted by atomic mass is 19.4. The van der Waals surface area contributed by atoms with Gasteiger partial charge < -0.3 is 10.2 Å². The molecule has 1 atom stereocenters. The number of carbonyl (C=O) groups excluding carboxylic acids is 1. The van der Waals surface area contributed by atoms with E-state index in [0.717, 1.165) is 0 Å². The molecule has 1 aliphatic rings. The van der Waals surface area contributed by atoms with E-state index in [2.05, 4.69) is 20.6 Å². The van der Waals surface area contributed by atoms with E-state index in [-0.39, 0.29) is 24.0 Å². The Morgan fingerprint density at radius 1 is 1.32 bits per heavy atom. The van der Waals surface area contributed by atoms with Crippen molar-refractivity contribution in [2.45, 2.75) is 25.6 Å². The van der Waals surface area contributed by atoms with E-state index in [1.807, 2.05) is 6.92 Å². The molecule has 0 saturated carbocycles. The molecule has 1 fully saturated rings. The molecule has 10 heteroatoms. The van der Waals surface area contributed by atoms with Gasteiger partial charge in [-0.05, 0) is 19.1 Å². The molecule has 0 radical (unpaired) electrons. The number of anilines is 1. The summed E-state index contributed by atoms with van der Waals surface area (Å²) >= 11 is 0. The van der Waals surface area contributed by atoms with Gasteiger partial charge in [0, 0.05) is 25.6 Å². The molecule has 1 aliphatic heterocycles. The molecule has 3 heterocycles. The van der Waals surface area contributed by atoms with Crippen molar-refractivity contribution in [3.63, 3.8) is 0 Å². The SMILES string of the molecule is CC1CC(=O)NCCN1c1ccc2nnc(C(F)(F)F)n2n1. The quantitative estimate of drug-likeness (QED) is 0.845. The van der Waals surface area contributed by atoms with Crippen LogP contribution in [0.25, 0.3) is 5.65 Å². The topological polar surface area (TPSA) is 75.4 Å². The standard InChI is InChI=1S/C12H13F3N6O/c1-7-6-10(22)16-4-5-20(7)9-3-2-8-17-18-11(12(13,14)15)21(8)19-9/h2-3,7H,4-6H2,1H3,(H,16,22). The summed E-state index contributed by atoms with van der Waals surface area (Å²) in [6.07, 6.45) is -4.37. The van der Waals surface area contributed by atoms with Crippen LogP contribution in [0.15, 0.2) is 12.1 Å². The molecule has 0 aliphatic carbocycles. The Balaban J connectivity index is 2.02. The Labute approximate surface area is 123 Å². The lowest BCUT2D eigenvalue weighted by Crippen LogP contribution is -2.35. The first-order valence-corrected chi connectivity index (χ1v) is 6.69. The van der Waals surface area contributed by atoms with E-state index in [0.29, 0.717) is 23.4 Å². The lowest BCUT2D eigenvalue weighted by molar-refractivity contribution is -0.146. The minimum Gasteiger partial charge on any atom is -0.354 e. The molecular weight excluding hydrogens is 301 g/mol. The summed E-state index contributed by atoms with van der Waals surface area (Å²) in [5.74, 6) is -0.904. The van der Waals surface area contributed by atoms with Gasteiger partial charge in [-0.25, -0.2) is 0 Å². The normalized spacial score (nSPS) is 20.1. The highest BCUT2D eigenvalue weighted by molar-refractivity contribution is 5.77. The van der Waals surface area contributed by atoms with Gasteiger partial charge in [-0.3, -0.25) is 4.79 Å². The predicted molar refractivity (Wildman–Crippen MR) is 70.2 cm³/mol. The lowest BCUT2D eigenvalue weighted by atomic mass is 10.2. The number of halogens is 3. The number of hydrogen-bond donors (Lipinski definition) is 1. The number of hydrogen-bond acceptors (Lipinski definition) is 5. The van der Waals surface area contributed by atoms with Gasteiger partial charge in [-0.2, -0.15) is 17.7 Å². The van der Waals surface area contributed by atoms with Gasteiger partial charge >= 0.3 is 6.18 Å². The maximum atomic E-state index is 12.9. The Morgan fingerprint density at radius 2 is 2.09 bits per heavy atom. The largest absolute Gasteiger partial charge is 0.453 e. The molecule has 22 heavy (non-hydrogen) atoms. The highest BCUT2D eigenvalue weighted by Crippen LogP contribution is 2.28. The van der Waals surface area contributed by atoms with Gasteiger partial charge in [0.1, 0.15) is 5.82 Å². The van der Waals surface area contributed by atoms with Crippen LogP contribution in [0.5, 0.6) is 0 Å². The number of rotatable bonds is 1. The van der Waals surface area contributed by atoms with Crippen LogP contribution < -0.4 is 10.2 Å². The predicted octanol–water partition coefficient (Wildman–Crippen LogP) is 0.858. The Bertz CT molecular complexity index is 712. The molecule has 0 aromatic carbocycles. The van der Waals surface area contributed by atoms with Crippen molar-refractivity contribution in [2.24, 2.45) is 0 Å². The average molecular weight is 314 g/mol. The number of carbonyl (C=O) groups is 1. The minimum atomic E-state index is -4.63. The summed E-state index contributed by atoms with van der Waals surface area (Å²) in [5, 5.41) is 13.3. The number of nitrogens with one attached hydrogen (secondary N) is 1. The molecule has 3 rings (SSSR count). The zero-order valence-electron chi connectivity index (χ0n) is 11.6. The van der Waals surface area contributed by atoms with Gasteiger partial charge in [-0.1, -0.05) is 0 Å². The van der Waals surface area contributed by atoms with E-state index in [1.54, 1.807) is 11.0 Å². The Kier molecular flexibility index (Phi) is 3.38. The number of fused-ring (bicyclic) bond motifs is 1. The summed E-state index contributed by atoms with van der Waals surface area (Å²) in [6, 6.07) is 2.84. The van der Waals surface area contributed by atoms with Crippen molar-refractivity contribution in [3.05, 3.63) is 18.0 Å². The maximum absolute atomic E-state index is 12.9. The third-order valence-electron chi connectivity index (χ3n) is 3.48. The van der Waals surface area contributed by atoms with Crippen molar-refractivity contribution in [2.75, 3.05) is 18.0 Å². The van der Waals surface area contributed by atoms with E-state index in [1.165, 1.54) is 6.07 Å². The second-order valence-corrected chi connectivity index (χ2v) is 5.08. The van der Waals surface area contributed by atoms with Gasteiger partial charge in [0.05, 0.1) is 0 Å². The van der Waals surface area contributed by atoms with Crippen molar-refractivity contribution in [3.8, 4) is 0 Å². The lowest BCUT2D eigenvalue weighted by Gasteiger charge is -2.27. The fourth-order valence-corrected chi connectivity index (χ4v) is 2.44. The van der Waals surface area contributed by atoms with E-state index < -0.39 is 12.0 Å². The molecule has 118 valence electrons. The third-order valence-corrected chi connectivity index (χ3v) is 3.48. The highest BCUT2D eigenvalue weighted by Gasteiger charge is 2.38. The van der Waals surface area contributed by atoms with Gasteiger partial charge in [0.15, 0.2) is 5.65 Å². The second kappa shape index (κ2) is 5.11. The molecule has 1 saturated heterocycles. The van der Waals surface area contributed by atoms with Crippen LogP contribution in [0.4, 0.5) is 19.0 Å². The first-order valence-electron chi connectivity index (χ1n) is 6.69. The maximum Gasteiger partial charge on any atom is 0.453 e. The first-order chi connectivity index (χ1) is 10.4. The molecule has 0 bridgehead atoms. The van der Waals surface area contributed by atoms with Crippen molar-refractivity contribution < 1.29 is 18.0 Å². The number of nitrogens with zero attached hydrogens (tertiary/aromatic N) is 5. The average Bonchev–Trinajstić information content (AvgIpc) is 2.78. The Hall–Kier alpha value is -2.39. The van der Waals surface area contributed by atoms with Crippen LogP contribution in [0.3, 0.4) is 0 Å². The summed E-state index contributed by atoms with van der Waals surface area (Å²) in [4.78, 5) is 13.3. The van der Waals surface area contributed by atoms with Crippen LogP contribution in [-0.2, 0) is 11.0 Å². The number of aromatic nitrogens is 4. The van der Waals surface area contributed by atoms with Crippen LogP contribution in [0.2, 0.25) is 0 Å². The summed E-state index contributed by atoms with van der Waals surface area (Å²) < 4.78 is 39.3. The molecule has 2 aromatic heterocycles. The number of amides is 1.